The second kappa shape index (κ2) is 4.47. The summed E-state index contributed by atoms with van der Waals surface area (Å²) in [6.07, 6.45) is 12.2. The fraction of sp³-hybridized carbons (Fsp3) is 1.00. The lowest BCUT2D eigenvalue weighted by Crippen LogP contribution is -2.28. The molecule has 2 aliphatic carbocycles. The maximum Gasteiger partial charge on any atom is -0.0354 e. The van der Waals surface area contributed by atoms with Gasteiger partial charge in [-0.1, -0.05) is 46.5 Å². The first-order chi connectivity index (χ1) is 7.07. The summed E-state index contributed by atoms with van der Waals surface area (Å²) in [5.41, 5.74) is 0.556. The predicted octanol–water partition coefficient (Wildman–Crippen LogP) is 5.03. The van der Waals surface area contributed by atoms with E-state index in [2.05, 4.69) is 20.8 Å². The molecule has 0 atom stereocenters. The summed E-state index contributed by atoms with van der Waals surface area (Å²) in [6.45, 7) is 7.27. The Bertz CT molecular complexity index is 185. The average Bonchev–Trinajstić information content (AvgIpc) is 2.69. The molecule has 2 fully saturated rings. The molecule has 0 heteroatoms. The van der Waals surface area contributed by atoms with Crippen LogP contribution in [0.2, 0.25) is 0 Å². The van der Waals surface area contributed by atoms with Crippen molar-refractivity contribution in [2.75, 3.05) is 0 Å². The summed E-state index contributed by atoms with van der Waals surface area (Å²) in [7, 11) is 0. The van der Waals surface area contributed by atoms with Crippen LogP contribution in [0.4, 0.5) is 0 Å². The van der Waals surface area contributed by atoms with E-state index in [9.17, 15) is 0 Å². The normalized spacial score (nSPS) is 34.6. The highest BCUT2D eigenvalue weighted by molar-refractivity contribution is 4.84. The molecule has 0 aromatic heterocycles. The Morgan fingerprint density at radius 3 is 1.60 bits per heavy atom. The van der Waals surface area contributed by atoms with Crippen molar-refractivity contribution in [2.24, 2.45) is 23.2 Å². The summed E-state index contributed by atoms with van der Waals surface area (Å²) in [6, 6.07) is 0. The molecule has 2 rings (SSSR count). The Hall–Kier alpha value is 0. The lowest BCUT2D eigenvalue weighted by molar-refractivity contribution is 0.125. The lowest BCUT2D eigenvalue weighted by atomic mass is 9.67. The fourth-order valence-corrected chi connectivity index (χ4v) is 3.89. The molecule has 0 bridgehead atoms. The van der Waals surface area contributed by atoms with Gasteiger partial charge in [0.2, 0.25) is 0 Å². The largest absolute Gasteiger partial charge is 0.0599 e. The molecule has 0 nitrogen and oxygen atoms in total. The van der Waals surface area contributed by atoms with E-state index in [1.54, 1.807) is 12.8 Å². The van der Waals surface area contributed by atoms with E-state index in [1.165, 1.54) is 38.5 Å². The van der Waals surface area contributed by atoms with Gasteiger partial charge in [-0.3, -0.25) is 0 Å². The van der Waals surface area contributed by atoms with Crippen molar-refractivity contribution >= 4 is 0 Å². The first-order valence-electron chi connectivity index (χ1n) is 7.07. The van der Waals surface area contributed by atoms with Crippen molar-refractivity contribution in [2.45, 2.75) is 72.1 Å². The molecule has 2 aliphatic rings. The Labute approximate surface area is 95.8 Å². The molecule has 0 saturated heterocycles. The van der Waals surface area contributed by atoms with Crippen LogP contribution < -0.4 is 0 Å². The summed E-state index contributed by atoms with van der Waals surface area (Å²) >= 11 is 0. The van der Waals surface area contributed by atoms with Gasteiger partial charge in [0.1, 0.15) is 0 Å². The Kier molecular flexibility index (Phi) is 3.42. The van der Waals surface area contributed by atoms with Gasteiger partial charge in [0.15, 0.2) is 0 Å². The van der Waals surface area contributed by atoms with Crippen molar-refractivity contribution in [1.29, 1.82) is 0 Å². The van der Waals surface area contributed by atoms with E-state index in [0.29, 0.717) is 5.41 Å². The maximum atomic E-state index is 2.42. The molecule has 0 aromatic carbocycles. The number of rotatable bonds is 1. The van der Waals surface area contributed by atoms with Gasteiger partial charge in [-0.15, -0.1) is 0 Å². The van der Waals surface area contributed by atoms with Crippen LogP contribution in [0.5, 0.6) is 0 Å². The zero-order valence-electron chi connectivity index (χ0n) is 10.9. The molecule has 0 heterocycles. The molecule has 2 saturated carbocycles. The Balaban J connectivity index is 1.81. The van der Waals surface area contributed by atoms with Crippen molar-refractivity contribution in [1.82, 2.24) is 0 Å². The van der Waals surface area contributed by atoms with Crippen LogP contribution in [0.1, 0.15) is 72.1 Å². The number of hydrogen-bond acceptors (Lipinski definition) is 0. The van der Waals surface area contributed by atoms with Crippen LogP contribution in [-0.4, -0.2) is 0 Å². The quantitative estimate of drug-likeness (QED) is 0.567. The minimum Gasteiger partial charge on any atom is -0.0599 e. The minimum atomic E-state index is 0.556. The van der Waals surface area contributed by atoms with Gasteiger partial charge < -0.3 is 0 Å². The van der Waals surface area contributed by atoms with E-state index in [1.807, 2.05) is 0 Å². The van der Waals surface area contributed by atoms with Gasteiger partial charge in [-0.05, 0) is 48.9 Å². The molecule has 15 heavy (non-hydrogen) atoms. The van der Waals surface area contributed by atoms with Gasteiger partial charge in [0.05, 0.1) is 0 Å². The molecule has 88 valence electrons. The molecule has 0 N–H and O–H groups in total. The summed E-state index contributed by atoms with van der Waals surface area (Å²) < 4.78 is 0. The Morgan fingerprint density at radius 1 is 0.667 bits per heavy atom. The zero-order valence-corrected chi connectivity index (χ0v) is 10.9. The summed E-state index contributed by atoms with van der Waals surface area (Å²) in [4.78, 5) is 0. The third-order valence-corrected chi connectivity index (χ3v) is 5.06. The third-order valence-electron chi connectivity index (χ3n) is 5.06. The van der Waals surface area contributed by atoms with Crippen molar-refractivity contribution < 1.29 is 0 Å². The van der Waals surface area contributed by atoms with Gasteiger partial charge >= 0.3 is 0 Å². The molecule has 0 spiro atoms. The fourth-order valence-electron chi connectivity index (χ4n) is 3.89. The second-order valence-corrected chi connectivity index (χ2v) is 7.02. The van der Waals surface area contributed by atoms with E-state index in [0.717, 1.165) is 17.8 Å². The monoisotopic (exact) mass is 208 g/mol. The van der Waals surface area contributed by atoms with Crippen molar-refractivity contribution in [3.8, 4) is 0 Å². The highest BCUT2D eigenvalue weighted by atomic mass is 14.4. The molecule has 0 aromatic rings. The first-order valence-corrected chi connectivity index (χ1v) is 7.07. The van der Waals surface area contributed by atoms with Crippen molar-refractivity contribution in [3.05, 3.63) is 0 Å². The highest BCUT2D eigenvalue weighted by Gasteiger charge is 2.33. The highest BCUT2D eigenvalue weighted by Crippen LogP contribution is 2.45. The minimum absolute atomic E-state index is 0.556. The summed E-state index contributed by atoms with van der Waals surface area (Å²) in [5, 5.41) is 0. The zero-order chi connectivity index (χ0) is 10.9. The van der Waals surface area contributed by atoms with E-state index in [4.69, 9.17) is 0 Å². The molecule has 0 unspecified atom stereocenters. The van der Waals surface area contributed by atoms with Crippen LogP contribution in [0.25, 0.3) is 0 Å². The van der Waals surface area contributed by atoms with Crippen LogP contribution in [0.15, 0.2) is 0 Å². The van der Waals surface area contributed by atoms with Crippen LogP contribution in [-0.2, 0) is 0 Å². The van der Waals surface area contributed by atoms with Crippen LogP contribution in [0, 0.1) is 23.2 Å². The Morgan fingerprint density at radius 2 is 1.13 bits per heavy atom. The van der Waals surface area contributed by atoms with Crippen LogP contribution >= 0.6 is 0 Å². The molecule has 0 aliphatic heterocycles. The van der Waals surface area contributed by atoms with E-state index >= 15 is 0 Å². The predicted molar refractivity (Wildman–Crippen MR) is 66.9 cm³/mol. The lowest BCUT2D eigenvalue weighted by Gasteiger charge is -2.38. The van der Waals surface area contributed by atoms with Crippen molar-refractivity contribution in [3.63, 3.8) is 0 Å². The van der Waals surface area contributed by atoms with E-state index < -0.39 is 0 Å². The SMILES string of the molecule is CC(C)(C)C1CCC(C2CCCC2)CC1. The average molecular weight is 208 g/mol. The third kappa shape index (κ3) is 2.77. The first kappa shape index (κ1) is 11.5. The molecular formula is C15H28. The second-order valence-electron chi connectivity index (χ2n) is 7.02. The maximum absolute atomic E-state index is 2.42. The number of hydrogen-bond donors (Lipinski definition) is 0. The van der Waals surface area contributed by atoms with Gasteiger partial charge in [-0.2, -0.15) is 0 Å². The van der Waals surface area contributed by atoms with Gasteiger partial charge in [-0.25, -0.2) is 0 Å². The van der Waals surface area contributed by atoms with Gasteiger partial charge in [0, 0.05) is 0 Å². The van der Waals surface area contributed by atoms with Crippen LogP contribution in [0.3, 0.4) is 0 Å². The molecule has 0 radical (unpaired) electrons. The van der Waals surface area contributed by atoms with E-state index in [-0.39, 0.29) is 0 Å². The smallest absolute Gasteiger partial charge is 0.0354 e. The topological polar surface area (TPSA) is 0 Å². The standard InChI is InChI=1S/C15H28/c1-15(2,3)14-10-8-13(9-11-14)12-6-4-5-7-12/h12-14H,4-11H2,1-3H3. The molecular weight excluding hydrogens is 180 g/mol. The van der Waals surface area contributed by atoms with Gasteiger partial charge in [0.25, 0.3) is 0 Å². The summed E-state index contributed by atoms with van der Waals surface area (Å²) in [5.74, 6) is 3.21. The molecule has 0 amide bonds.